The Morgan fingerprint density at radius 1 is 0.717 bits per heavy atom. The van der Waals surface area contributed by atoms with E-state index in [0.717, 1.165) is 0 Å². The van der Waals surface area contributed by atoms with Gasteiger partial charge < -0.3 is 9.84 Å². The Hall–Kier alpha value is -4.54. The molecular formula is C34H30Cl2F2N2O6. The Kier molecular flexibility index (Phi) is 13.9. The van der Waals surface area contributed by atoms with Gasteiger partial charge in [-0.05, 0) is 80.4 Å². The minimum atomic E-state index is -1.00. The fraction of sp³-hybridized carbons (Fsp3) is 0.235. The molecule has 2 heterocycles. The van der Waals surface area contributed by atoms with Crippen LogP contribution in [0.4, 0.5) is 8.78 Å². The molecule has 2 unspecified atom stereocenters. The summed E-state index contributed by atoms with van der Waals surface area (Å²) in [5, 5.41) is 9.23. The van der Waals surface area contributed by atoms with Crippen LogP contribution in [-0.4, -0.2) is 45.2 Å². The van der Waals surface area contributed by atoms with Gasteiger partial charge in [-0.1, -0.05) is 35.3 Å². The first-order valence-corrected chi connectivity index (χ1v) is 14.9. The van der Waals surface area contributed by atoms with Crippen molar-refractivity contribution in [1.82, 2.24) is 9.97 Å². The third kappa shape index (κ3) is 10.5. The summed E-state index contributed by atoms with van der Waals surface area (Å²) in [6.45, 7) is 2.00. The lowest BCUT2D eigenvalue weighted by Gasteiger charge is -2.17. The molecule has 2 aromatic heterocycles. The van der Waals surface area contributed by atoms with Crippen molar-refractivity contribution in [1.29, 1.82) is 0 Å². The minimum absolute atomic E-state index is 0.0800. The van der Waals surface area contributed by atoms with Gasteiger partial charge in [-0.3, -0.25) is 19.2 Å². The molecule has 1 N–H and O–H groups in total. The van der Waals surface area contributed by atoms with Crippen molar-refractivity contribution < 1.29 is 37.8 Å². The monoisotopic (exact) mass is 670 g/mol. The molecule has 0 spiro atoms. The highest BCUT2D eigenvalue weighted by molar-refractivity contribution is 6.31. The van der Waals surface area contributed by atoms with Crippen LogP contribution in [0.2, 0.25) is 10.3 Å². The molecular weight excluding hydrogens is 641 g/mol. The number of carboxylic acids is 1. The molecule has 240 valence electrons. The van der Waals surface area contributed by atoms with E-state index in [1.54, 1.807) is 31.2 Å². The van der Waals surface area contributed by atoms with Crippen molar-refractivity contribution in [3.05, 3.63) is 129 Å². The molecule has 12 heteroatoms. The second-order valence-electron chi connectivity index (χ2n) is 9.89. The molecule has 0 saturated heterocycles. The van der Waals surface area contributed by atoms with E-state index in [1.807, 2.05) is 0 Å². The third-order valence-corrected chi connectivity index (χ3v) is 7.44. The summed E-state index contributed by atoms with van der Waals surface area (Å²) in [6, 6.07) is 17.0. The first-order valence-electron chi connectivity index (χ1n) is 14.2. The first kappa shape index (κ1) is 35.9. The van der Waals surface area contributed by atoms with Crippen LogP contribution in [0.5, 0.6) is 0 Å². The van der Waals surface area contributed by atoms with E-state index in [-0.39, 0.29) is 60.1 Å². The number of Topliss-reactive ketones (excluding diaryl/α,β-unsaturated/α-hetero) is 2. The molecule has 0 saturated carbocycles. The number of pyridine rings is 2. The van der Waals surface area contributed by atoms with Crippen molar-refractivity contribution in [2.75, 3.05) is 6.61 Å². The van der Waals surface area contributed by atoms with Crippen LogP contribution in [0.3, 0.4) is 0 Å². The molecule has 0 aliphatic heterocycles. The number of ketones is 2. The zero-order chi connectivity index (χ0) is 33.6. The number of hydrogen-bond acceptors (Lipinski definition) is 7. The Morgan fingerprint density at radius 2 is 1.13 bits per heavy atom. The lowest BCUT2D eigenvalue weighted by atomic mass is 9.88. The van der Waals surface area contributed by atoms with E-state index in [1.165, 1.54) is 60.9 Å². The zero-order valence-electron chi connectivity index (χ0n) is 24.7. The fourth-order valence-corrected chi connectivity index (χ4v) is 5.07. The van der Waals surface area contributed by atoms with E-state index >= 15 is 0 Å². The van der Waals surface area contributed by atoms with Crippen LogP contribution in [-0.2, 0) is 14.3 Å². The third-order valence-electron chi connectivity index (χ3n) is 6.81. The number of carbonyl (C=O) groups excluding carboxylic acids is 3. The molecule has 0 bridgehead atoms. The first-order chi connectivity index (χ1) is 22.0. The number of rotatable bonds is 13. The number of ether oxygens (including phenoxy) is 1. The Balaban J connectivity index is 0.000000251. The summed E-state index contributed by atoms with van der Waals surface area (Å²) in [4.78, 5) is 55.8. The number of carbonyl (C=O) groups is 4. The lowest BCUT2D eigenvalue weighted by molar-refractivity contribution is -0.143. The topological polar surface area (TPSA) is 124 Å². The van der Waals surface area contributed by atoms with Gasteiger partial charge in [0.05, 0.1) is 18.4 Å². The fourth-order valence-electron chi connectivity index (χ4n) is 4.57. The molecule has 0 aliphatic rings. The van der Waals surface area contributed by atoms with Gasteiger partial charge in [-0.25, -0.2) is 18.7 Å². The maximum Gasteiger partial charge on any atom is 0.305 e. The second-order valence-corrected chi connectivity index (χ2v) is 10.6. The number of hydrogen-bond donors (Lipinski definition) is 1. The molecule has 2 aromatic carbocycles. The summed E-state index contributed by atoms with van der Waals surface area (Å²) in [7, 11) is 0. The Morgan fingerprint density at radius 3 is 1.50 bits per heavy atom. The largest absolute Gasteiger partial charge is 0.481 e. The molecule has 2 atom stereocenters. The molecule has 0 amide bonds. The standard InChI is InChI=1S/C18H17ClFNO3.C16H13ClFNO3/c1-2-24-16(22)10-9-14(15-4-3-11-21-18(15)19)17(23)12-5-7-13(20)8-6-12;17-16-13(2-1-9-19-16)12(7-8-14(20)21)15(22)10-3-5-11(18)6-4-10/h3-8,11,14H,2,9-10H2,1H3;1-6,9,12H,7-8H2,(H,20,21). The number of aliphatic carboxylic acids is 1. The number of esters is 1. The number of nitrogens with zero attached hydrogens (tertiary/aromatic N) is 2. The van der Waals surface area contributed by atoms with Gasteiger partial charge in [-0.2, -0.15) is 0 Å². The highest BCUT2D eigenvalue weighted by Crippen LogP contribution is 2.31. The van der Waals surface area contributed by atoms with Crippen molar-refractivity contribution >= 4 is 46.7 Å². The van der Waals surface area contributed by atoms with Crippen LogP contribution in [0.15, 0.2) is 85.2 Å². The summed E-state index contributed by atoms with van der Waals surface area (Å²) in [5.41, 5.74) is 1.67. The van der Waals surface area contributed by atoms with Gasteiger partial charge in [-0.15, -0.1) is 0 Å². The van der Waals surface area contributed by atoms with Crippen LogP contribution in [0.1, 0.15) is 76.3 Å². The summed E-state index contributed by atoms with van der Waals surface area (Å²) in [5.74, 6) is -4.19. The molecule has 0 radical (unpaired) electrons. The van der Waals surface area contributed by atoms with Crippen LogP contribution >= 0.6 is 23.2 Å². The number of carboxylic acid groups (broad SMARTS) is 1. The predicted octanol–water partition coefficient (Wildman–Crippen LogP) is 7.89. The number of halogens is 4. The van der Waals surface area contributed by atoms with Gasteiger partial charge in [0.25, 0.3) is 0 Å². The summed E-state index contributed by atoms with van der Waals surface area (Å²) >= 11 is 12.1. The molecule has 4 aromatic rings. The van der Waals surface area contributed by atoms with Crippen LogP contribution < -0.4 is 0 Å². The maximum absolute atomic E-state index is 13.1. The van der Waals surface area contributed by atoms with Gasteiger partial charge in [0, 0.05) is 47.5 Å². The number of aromatic nitrogens is 2. The van der Waals surface area contributed by atoms with Gasteiger partial charge in [0.15, 0.2) is 11.6 Å². The van der Waals surface area contributed by atoms with Crippen molar-refractivity contribution in [3.63, 3.8) is 0 Å². The SMILES string of the molecule is CCOC(=O)CCC(C(=O)c1ccc(F)cc1)c1cccnc1Cl.O=C(O)CCC(C(=O)c1ccc(F)cc1)c1cccnc1Cl. The van der Waals surface area contributed by atoms with Crippen molar-refractivity contribution in [3.8, 4) is 0 Å². The number of benzene rings is 2. The molecule has 0 fully saturated rings. The Bertz CT molecular complexity index is 1650. The smallest absolute Gasteiger partial charge is 0.305 e. The lowest BCUT2D eigenvalue weighted by Crippen LogP contribution is -2.16. The van der Waals surface area contributed by atoms with E-state index in [0.29, 0.717) is 22.3 Å². The second kappa shape index (κ2) is 17.8. The van der Waals surface area contributed by atoms with Gasteiger partial charge in [0.2, 0.25) is 0 Å². The minimum Gasteiger partial charge on any atom is -0.481 e. The van der Waals surface area contributed by atoms with E-state index < -0.39 is 29.4 Å². The summed E-state index contributed by atoms with van der Waals surface area (Å²) < 4.78 is 31.0. The van der Waals surface area contributed by atoms with E-state index in [4.69, 9.17) is 33.0 Å². The normalized spacial score (nSPS) is 11.8. The van der Waals surface area contributed by atoms with Gasteiger partial charge in [0.1, 0.15) is 21.9 Å². The highest BCUT2D eigenvalue weighted by atomic mass is 35.5. The maximum atomic E-state index is 13.1. The Labute approximate surface area is 274 Å². The van der Waals surface area contributed by atoms with Gasteiger partial charge >= 0.3 is 11.9 Å². The quantitative estimate of drug-likeness (QED) is 0.0865. The van der Waals surface area contributed by atoms with E-state index in [2.05, 4.69) is 9.97 Å². The van der Waals surface area contributed by atoms with Crippen LogP contribution in [0, 0.1) is 11.6 Å². The predicted molar refractivity (Wildman–Crippen MR) is 168 cm³/mol. The highest BCUT2D eigenvalue weighted by Gasteiger charge is 2.27. The molecule has 4 rings (SSSR count). The average Bonchev–Trinajstić information content (AvgIpc) is 3.03. The van der Waals surface area contributed by atoms with Crippen LogP contribution in [0.25, 0.3) is 0 Å². The van der Waals surface area contributed by atoms with Crippen molar-refractivity contribution in [2.45, 2.75) is 44.4 Å². The van der Waals surface area contributed by atoms with Crippen molar-refractivity contribution in [2.24, 2.45) is 0 Å². The average molecular weight is 672 g/mol. The molecule has 0 aliphatic carbocycles. The summed E-state index contributed by atoms with van der Waals surface area (Å²) in [6.07, 6.45) is 3.25. The molecule has 46 heavy (non-hydrogen) atoms. The van der Waals surface area contributed by atoms with E-state index in [9.17, 15) is 28.0 Å². The molecule has 8 nitrogen and oxygen atoms in total. The zero-order valence-corrected chi connectivity index (χ0v) is 26.2.